The molecule has 0 spiro atoms. The standard InChI is InChI=1S/C15H16ClN3O/c1-10-6-7-14(13(16)8-10)18-9-11-4-2-3-5-12(11)15(17)19-20/h2-8,18,20H,9H2,1H3,(H2,17,19). The molecule has 0 saturated heterocycles. The van der Waals surface area contributed by atoms with Gasteiger partial charge in [-0.3, -0.25) is 0 Å². The van der Waals surface area contributed by atoms with Gasteiger partial charge < -0.3 is 16.3 Å². The second-order valence-electron chi connectivity index (χ2n) is 4.48. The van der Waals surface area contributed by atoms with Crippen molar-refractivity contribution in [3.63, 3.8) is 0 Å². The molecule has 5 heteroatoms. The molecule has 0 bridgehead atoms. The fraction of sp³-hybridized carbons (Fsp3) is 0.133. The second kappa shape index (κ2) is 6.30. The number of nitrogens with two attached hydrogens (primary N) is 1. The summed E-state index contributed by atoms with van der Waals surface area (Å²) in [5, 5.41) is 15.8. The summed E-state index contributed by atoms with van der Waals surface area (Å²) >= 11 is 6.17. The van der Waals surface area contributed by atoms with Crippen molar-refractivity contribution in [2.45, 2.75) is 13.5 Å². The van der Waals surface area contributed by atoms with Gasteiger partial charge in [0.05, 0.1) is 10.7 Å². The van der Waals surface area contributed by atoms with Gasteiger partial charge in [0.2, 0.25) is 0 Å². The van der Waals surface area contributed by atoms with Gasteiger partial charge in [-0.25, -0.2) is 0 Å². The Morgan fingerprint density at radius 3 is 2.75 bits per heavy atom. The fourth-order valence-electron chi connectivity index (χ4n) is 1.93. The number of aryl methyl sites for hydroxylation is 1. The first-order valence-corrected chi connectivity index (χ1v) is 6.55. The third kappa shape index (κ3) is 3.22. The summed E-state index contributed by atoms with van der Waals surface area (Å²) in [6.45, 7) is 2.53. The minimum Gasteiger partial charge on any atom is -0.409 e. The van der Waals surface area contributed by atoms with Gasteiger partial charge in [0, 0.05) is 12.1 Å². The number of nitrogens with zero attached hydrogens (tertiary/aromatic N) is 1. The van der Waals surface area contributed by atoms with Crippen LogP contribution in [-0.2, 0) is 6.54 Å². The van der Waals surface area contributed by atoms with Crippen LogP contribution in [0.3, 0.4) is 0 Å². The lowest BCUT2D eigenvalue weighted by Gasteiger charge is -2.12. The smallest absolute Gasteiger partial charge is 0.170 e. The van der Waals surface area contributed by atoms with E-state index in [2.05, 4.69) is 10.5 Å². The zero-order chi connectivity index (χ0) is 14.5. The zero-order valence-electron chi connectivity index (χ0n) is 11.1. The van der Waals surface area contributed by atoms with E-state index in [0.29, 0.717) is 17.1 Å². The minimum absolute atomic E-state index is 0.0948. The van der Waals surface area contributed by atoms with Gasteiger partial charge in [0.1, 0.15) is 0 Å². The summed E-state index contributed by atoms with van der Waals surface area (Å²) in [4.78, 5) is 0. The predicted octanol–water partition coefficient (Wildman–Crippen LogP) is 3.36. The summed E-state index contributed by atoms with van der Waals surface area (Å²) in [6, 6.07) is 13.3. The first-order chi connectivity index (χ1) is 9.61. The molecule has 4 N–H and O–H groups in total. The maximum Gasteiger partial charge on any atom is 0.170 e. The lowest BCUT2D eigenvalue weighted by molar-refractivity contribution is 0.318. The molecule has 0 aromatic heterocycles. The van der Waals surface area contributed by atoms with Gasteiger partial charge in [0.15, 0.2) is 5.84 Å². The number of rotatable bonds is 4. The summed E-state index contributed by atoms with van der Waals surface area (Å²) in [5.41, 5.74) is 9.25. The lowest BCUT2D eigenvalue weighted by Crippen LogP contribution is -2.16. The van der Waals surface area contributed by atoms with Crippen molar-refractivity contribution in [3.05, 3.63) is 64.2 Å². The van der Waals surface area contributed by atoms with Crippen LogP contribution in [-0.4, -0.2) is 11.0 Å². The van der Waals surface area contributed by atoms with Crippen molar-refractivity contribution in [1.29, 1.82) is 0 Å². The highest BCUT2D eigenvalue weighted by atomic mass is 35.5. The number of oxime groups is 1. The van der Waals surface area contributed by atoms with Crippen LogP contribution in [0.2, 0.25) is 5.02 Å². The van der Waals surface area contributed by atoms with Gasteiger partial charge in [-0.05, 0) is 30.2 Å². The van der Waals surface area contributed by atoms with Crippen molar-refractivity contribution in [2.24, 2.45) is 10.9 Å². The van der Waals surface area contributed by atoms with Gasteiger partial charge in [0.25, 0.3) is 0 Å². The first kappa shape index (κ1) is 14.2. The number of hydrogen-bond acceptors (Lipinski definition) is 3. The number of nitrogens with one attached hydrogen (secondary N) is 1. The molecule has 4 nitrogen and oxygen atoms in total. The lowest BCUT2D eigenvalue weighted by atomic mass is 10.1. The highest BCUT2D eigenvalue weighted by molar-refractivity contribution is 6.33. The molecular weight excluding hydrogens is 274 g/mol. The monoisotopic (exact) mass is 289 g/mol. The number of hydrogen-bond donors (Lipinski definition) is 3. The third-order valence-corrected chi connectivity index (χ3v) is 3.31. The summed E-state index contributed by atoms with van der Waals surface area (Å²) in [7, 11) is 0. The Labute approximate surface area is 122 Å². The highest BCUT2D eigenvalue weighted by Gasteiger charge is 2.07. The van der Waals surface area contributed by atoms with Crippen molar-refractivity contribution >= 4 is 23.1 Å². The van der Waals surface area contributed by atoms with Crippen LogP contribution in [0.25, 0.3) is 0 Å². The maximum absolute atomic E-state index is 8.79. The number of benzene rings is 2. The topological polar surface area (TPSA) is 70.6 Å². The normalized spacial score (nSPS) is 11.4. The van der Waals surface area contributed by atoms with E-state index in [1.54, 1.807) is 0 Å². The Morgan fingerprint density at radius 2 is 2.05 bits per heavy atom. The number of amidine groups is 1. The quantitative estimate of drug-likeness (QED) is 0.350. The number of anilines is 1. The molecule has 0 atom stereocenters. The Bertz CT molecular complexity index is 641. The summed E-state index contributed by atoms with van der Waals surface area (Å²) in [6.07, 6.45) is 0. The van der Waals surface area contributed by atoms with E-state index in [0.717, 1.165) is 16.8 Å². The van der Waals surface area contributed by atoms with E-state index in [4.69, 9.17) is 22.5 Å². The first-order valence-electron chi connectivity index (χ1n) is 6.17. The molecule has 0 aliphatic heterocycles. The molecule has 0 unspecified atom stereocenters. The van der Waals surface area contributed by atoms with Crippen LogP contribution >= 0.6 is 11.6 Å². The third-order valence-electron chi connectivity index (χ3n) is 2.99. The largest absolute Gasteiger partial charge is 0.409 e. The molecule has 0 heterocycles. The Morgan fingerprint density at radius 1 is 1.30 bits per heavy atom. The molecule has 0 aliphatic rings. The SMILES string of the molecule is Cc1ccc(NCc2ccccc2C(N)=NO)c(Cl)c1. The van der Waals surface area contributed by atoms with Crippen molar-refractivity contribution in [3.8, 4) is 0 Å². The molecule has 2 aromatic carbocycles. The molecule has 0 amide bonds. The van der Waals surface area contributed by atoms with Crippen molar-refractivity contribution < 1.29 is 5.21 Å². The average molecular weight is 290 g/mol. The minimum atomic E-state index is 0.0948. The van der Waals surface area contributed by atoms with Gasteiger partial charge in [-0.2, -0.15) is 0 Å². The van der Waals surface area contributed by atoms with Crippen LogP contribution in [0.5, 0.6) is 0 Å². The Balaban J connectivity index is 2.19. The zero-order valence-corrected chi connectivity index (χ0v) is 11.9. The molecule has 2 rings (SSSR count). The Kier molecular flexibility index (Phi) is 4.48. The van der Waals surface area contributed by atoms with Crippen molar-refractivity contribution in [2.75, 3.05) is 5.32 Å². The molecule has 0 saturated carbocycles. The summed E-state index contributed by atoms with van der Waals surface area (Å²) in [5.74, 6) is 0.0948. The fourth-order valence-corrected chi connectivity index (χ4v) is 2.23. The maximum atomic E-state index is 8.79. The van der Waals surface area contributed by atoms with E-state index in [-0.39, 0.29) is 5.84 Å². The summed E-state index contributed by atoms with van der Waals surface area (Å²) < 4.78 is 0. The molecule has 0 aliphatic carbocycles. The van der Waals surface area contributed by atoms with Crippen LogP contribution in [0, 0.1) is 6.92 Å². The molecular formula is C15H16ClN3O. The molecule has 0 fully saturated rings. The van der Waals surface area contributed by atoms with Crippen LogP contribution in [0.1, 0.15) is 16.7 Å². The van der Waals surface area contributed by atoms with Crippen LogP contribution < -0.4 is 11.1 Å². The van der Waals surface area contributed by atoms with Gasteiger partial charge >= 0.3 is 0 Å². The highest BCUT2D eigenvalue weighted by Crippen LogP contribution is 2.23. The van der Waals surface area contributed by atoms with E-state index in [9.17, 15) is 0 Å². The van der Waals surface area contributed by atoms with E-state index in [1.165, 1.54) is 0 Å². The van der Waals surface area contributed by atoms with E-state index >= 15 is 0 Å². The second-order valence-corrected chi connectivity index (χ2v) is 4.89. The number of halogens is 1. The molecule has 20 heavy (non-hydrogen) atoms. The molecule has 2 aromatic rings. The van der Waals surface area contributed by atoms with E-state index in [1.807, 2.05) is 49.4 Å². The predicted molar refractivity (Wildman–Crippen MR) is 82.5 cm³/mol. The Hall–Kier alpha value is -2.20. The molecule has 104 valence electrons. The van der Waals surface area contributed by atoms with Crippen LogP contribution in [0.4, 0.5) is 5.69 Å². The van der Waals surface area contributed by atoms with Crippen LogP contribution in [0.15, 0.2) is 47.6 Å². The van der Waals surface area contributed by atoms with Crippen molar-refractivity contribution in [1.82, 2.24) is 0 Å². The molecule has 0 radical (unpaired) electrons. The van der Waals surface area contributed by atoms with E-state index < -0.39 is 0 Å². The van der Waals surface area contributed by atoms with Gasteiger partial charge in [-0.15, -0.1) is 0 Å². The van der Waals surface area contributed by atoms with Gasteiger partial charge in [-0.1, -0.05) is 47.1 Å². The average Bonchev–Trinajstić information content (AvgIpc) is 2.46.